The summed E-state index contributed by atoms with van der Waals surface area (Å²) in [5.41, 5.74) is 14.1. The SMILES string of the molecule is CO/C=C(/C)N1Cc2c(-c3ccc(OC(=O)c4ccccc4N)cc3OC)ccc3c2C1=CC(C)(C)N3. The van der Waals surface area contributed by atoms with Crippen molar-refractivity contribution in [2.75, 3.05) is 25.3 Å². The van der Waals surface area contributed by atoms with E-state index >= 15 is 0 Å². The maximum Gasteiger partial charge on any atom is 0.345 e. The first-order valence-corrected chi connectivity index (χ1v) is 12.1. The second-order valence-electron chi connectivity index (χ2n) is 9.81. The molecule has 37 heavy (non-hydrogen) atoms. The Bertz CT molecular complexity index is 1460. The van der Waals surface area contributed by atoms with Crippen LogP contribution in [0.1, 0.15) is 42.3 Å². The number of anilines is 2. The quantitative estimate of drug-likeness (QED) is 0.186. The molecule has 0 radical (unpaired) electrons. The predicted octanol–water partition coefficient (Wildman–Crippen LogP) is 6.03. The highest BCUT2D eigenvalue weighted by Crippen LogP contribution is 2.49. The lowest BCUT2D eigenvalue weighted by molar-refractivity contribution is 0.0735. The fourth-order valence-corrected chi connectivity index (χ4v) is 5.07. The summed E-state index contributed by atoms with van der Waals surface area (Å²) >= 11 is 0. The van der Waals surface area contributed by atoms with Crippen LogP contribution in [-0.2, 0) is 11.3 Å². The van der Waals surface area contributed by atoms with Crippen molar-refractivity contribution in [1.82, 2.24) is 4.90 Å². The molecule has 0 spiro atoms. The van der Waals surface area contributed by atoms with Crippen LogP contribution in [0, 0.1) is 0 Å². The molecule has 0 bridgehead atoms. The number of nitrogen functional groups attached to an aromatic ring is 1. The summed E-state index contributed by atoms with van der Waals surface area (Å²) < 4.78 is 16.7. The molecule has 3 aromatic rings. The van der Waals surface area contributed by atoms with E-state index in [9.17, 15) is 4.79 Å². The summed E-state index contributed by atoms with van der Waals surface area (Å²) in [6.45, 7) is 7.07. The van der Waals surface area contributed by atoms with Gasteiger partial charge >= 0.3 is 5.97 Å². The summed E-state index contributed by atoms with van der Waals surface area (Å²) in [4.78, 5) is 15.0. The largest absolute Gasteiger partial charge is 0.503 e. The van der Waals surface area contributed by atoms with Crippen LogP contribution in [0.2, 0.25) is 0 Å². The number of methoxy groups -OCH3 is 2. The molecule has 0 aromatic heterocycles. The summed E-state index contributed by atoms with van der Waals surface area (Å²) in [6, 6.07) is 16.5. The molecule has 7 heteroatoms. The lowest BCUT2D eigenvalue weighted by Crippen LogP contribution is -2.33. The second kappa shape index (κ2) is 9.24. The molecule has 0 atom stereocenters. The number of esters is 1. The Labute approximate surface area is 217 Å². The highest BCUT2D eigenvalue weighted by Gasteiger charge is 2.36. The number of carbonyl (C=O) groups excluding carboxylic acids is 1. The zero-order valence-corrected chi connectivity index (χ0v) is 21.7. The van der Waals surface area contributed by atoms with Gasteiger partial charge in [0.15, 0.2) is 0 Å². The molecule has 0 saturated heterocycles. The summed E-state index contributed by atoms with van der Waals surface area (Å²) in [5.74, 6) is 0.479. The Kier molecular flexibility index (Phi) is 6.07. The average molecular weight is 498 g/mol. The van der Waals surface area contributed by atoms with Gasteiger partial charge < -0.3 is 30.2 Å². The minimum Gasteiger partial charge on any atom is -0.503 e. The fourth-order valence-electron chi connectivity index (χ4n) is 5.07. The van der Waals surface area contributed by atoms with Gasteiger partial charge in [0.25, 0.3) is 0 Å². The van der Waals surface area contributed by atoms with Crippen molar-refractivity contribution < 1.29 is 19.0 Å². The molecule has 2 aliphatic rings. The number of nitrogens with one attached hydrogen (secondary N) is 1. The second-order valence-corrected chi connectivity index (χ2v) is 9.81. The van der Waals surface area contributed by atoms with Crippen molar-refractivity contribution in [2.24, 2.45) is 0 Å². The molecule has 3 aromatic carbocycles. The van der Waals surface area contributed by atoms with Crippen molar-refractivity contribution in [1.29, 1.82) is 0 Å². The molecule has 7 nitrogen and oxygen atoms in total. The Morgan fingerprint density at radius 3 is 2.57 bits per heavy atom. The summed E-state index contributed by atoms with van der Waals surface area (Å²) in [7, 11) is 3.28. The third kappa shape index (κ3) is 4.37. The number of nitrogens with two attached hydrogens (primary N) is 1. The third-order valence-corrected chi connectivity index (χ3v) is 6.70. The van der Waals surface area contributed by atoms with Gasteiger partial charge in [-0.15, -0.1) is 0 Å². The molecule has 0 saturated carbocycles. The van der Waals surface area contributed by atoms with E-state index in [4.69, 9.17) is 19.9 Å². The Morgan fingerprint density at radius 1 is 1.08 bits per heavy atom. The average Bonchev–Trinajstić information content (AvgIpc) is 3.24. The molecule has 0 amide bonds. The summed E-state index contributed by atoms with van der Waals surface area (Å²) in [5, 5.41) is 3.64. The minimum absolute atomic E-state index is 0.192. The number of allylic oxidation sites excluding steroid dienone is 1. The van der Waals surface area contributed by atoms with Gasteiger partial charge in [-0.05, 0) is 68.3 Å². The van der Waals surface area contributed by atoms with Gasteiger partial charge in [-0.2, -0.15) is 0 Å². The molecule has 3 N–H and O–H groups in total. The monoisotopic (exact) mass is 497 g/mol. The first-order chi connectivity index (χ1) is 17.7. The number of rotatable bonds is 6. The van der Waals surface area contributed by atoms with Crippen LogP contribution in [0.15, 0.2) is 72.6 Å². The van der Waals surface area contributed by atoms with Crippen LogP contribution in [0.3, 0.4) is 0 Å². The van der Waals surface area contributed by atoms with Gasteiger partial charge in [-0.1, -0.05) is 18.2 Å². The molecular weight excluding hydrogens is 466 g/mol. The Hall–Kier alpha value is -4.39. The van der Waals surface area contributed by atoms with Crippen molar-refractivity contribution in [3.63, 3.8) is 0 Å². The molecule has 0 fully saturated rings. The number of nitrogens with zero attached hydrogens (tertiary/aromatic N) is 1. The fraction of sp³-hybridized carbons (Fsp3) is 0.233. The highest BCUT2D eigenvalue weighted by atomic mass is 16.5. The maximum absolute atomic E-state index is 12.7. The van der Waals surface area contributed by atoms with Gasteiger partial charge in [-0.25, -0.2) is 4.79 Å². The molecule has 190 valence electrons. The van der Waals surface area contributed by atoms with Crippen LogP contribution < -0.4 is 20.5 Å². The van der Waals surface area contributed by atoms with E-state index in [2.05, 4.69) is 42.3 Å². The molecule has 2 aliphatic heterocycles. The molecular formula is C30H31N3O4. The van der Waals surface area contributed by atoms with E-state index in [1.807, 2.05) is 13.0 Å². The number of carbonyl (C=O) groups is 1. The van der Waals surface area contributed by atoms with Crippen molar-refractivity contribution >= 4 is 23.0 Å². The van der Waals surface area contributed by atoms with E-state index < -0.39 is 5.97 Å². The maximum atomic E-state index is 12.7. The van der Waals surface area contributed by atoms with Crippen molar-refractivity contribution in [3.8, 4) is 22.6 Å². The molecule has 0 unspecified atom stereocenters. The van der Waals surface area contributed by atoms with Crippen LogP contribution >= 0.6 is 0 Å². The van der Waals surface area contributed by atoms with E-state index in [0.29, 0.717) is 29.3 Å². The van der Waals surface area contributed by atoms with Gasteiger partial charge in [0.1, 0.15) is 17.8 Å². The number of benzene rings is 3. The lowest BCUT2D eigenvalue weighted by atomic mass is 9.89. The standard InChI is InChI=1S/C30H31N3O4/c1-18(17-35-4)33-16-23-20(12-13-25-28(23)26(33)15-30(2,3)32-25)21-11-10-19(14-27(21)36-5)37-29(34)22-8-6-7-9-24(22)31/h6-15,17,32H,16,31H2,1-5H3/b18-17-. The zero-order chi connectivity index (χ0) is 26.3. The number of para-hydroxylation sites is 1. The molecule has 5 rings (SSSR count). The van der Waals surface area contributed by atoms with Gasteiger partial charge in [0, 0.05) is 46.5 Å². The molecule has 2 heterocycles. The van der Waals surface area contributed by atoms with Gasteiger partial charge in [-0.3, -0.25) is 0 Å². The van der Waals surface area contributed by atoms with E-state index in [1.165, 1.54) is 11.1 Å². The highest BCUT2D eigenvalue weighted by molar-refractivity contribution is 5.96. The topological polar surface area (TPSA) is 86.1 Å². The minimum atomic E-state index is -0.514. The van der Waals surface area contributed by atoms with Crippen LogP contribution in [0.5, 0.6) is 11.5 Å². The van der Waals surface area contributed by atoms with E-state index in [0.717, 1.165) is 28.2 Å². The Morgan fingerprint density at radius 2 is 1.84 bits per heavy atom. The lowest BCUT2D eigenvalue weighted by Gasteiger charge is -2.33. The number of ether oxygens (including phenoxy) is 3. The molecule has 0 aliphatic carbocycles. The van der Waals surface area contributed by atoms with Gasteiger partial charge in [0.05, 0.1) is 25.3 Å². The van der Waals surface area contributed by atoms with E-state index in [-0.39, 0.29) is 5.54 Å². The zero-order valence-electron chi connectivity index (χ0n) is 21.7. The first-order valence-electron chi connectivity index (χ1n) is 12.1. The predicted molar refractivity (Wildman–Crippen MR) is 146 cm³/mol. The smallest absolute Gasteiger partial charge is 0.345 e. The van der Waals surface area contributed by atoms with Crippen LogP contribution in [0.25, 0.3) is 16.8 Å². The Balaban J connectivity index is 1.55. The van der Waals surface area contributed by atoms with Crippen LogP contribution in [-0.4, -0.2) is 30.6 Å². The number of hydrogen-bond acceptors (Lipinski definition) is 7. The van der Waals surface area contributed by atoms with Crippen molar-refractivity contribution in [2.45, 2.75) is 32.9 Å². The van der Waals surface area contributed by atoms with Gasteiger partial charge in [0.2, 0.25) is 0 Å². The first kappa shape index (κ1) is 24.3. The summed E-state index contributed by atoms with van der Waals surface area (Å²) in [6.07, 6.45) is 4.03. The van der Waals surface area contributed by atoms with E-state index in [1.54, 1.807) is 56.9 Å². The third-order valence-electron chi connectivity index (χ3n) is 6.70. The normalized spacial score (nSPS) is 15.4. The number of hydrogen-bond donors (Lipinski definition) is 2. The van der Waals surface area contributed by atoms with Crippen LogP contribution in [0.4, 0.5) is 11.4 Å². The van der Waals surface area contributed by atoms with Crippen molar-refractivity contribution in [3.05, 3.63) is 89.3 Å².